The van der Waals surface area contributed by atoms with Crippen LogP contribution in [0.1, 0.15) is 31.7 Å². The van der Waals surface area contributed by atoms with E-state index in [0.717, 1.165) is 29.7 Å². The van der Waals surface area contributed by atoms with E-state index in [2.05, 4.69) is 17.2 Å². The first-order chi connectivity index (χ1) is 14.0. The second-order valence-corrected chi connectivity index (χ2v) is 8.40. The number of pyridine rings is 1. The number of nitrogens with one attached hydrogen (secondary N) is 2. The Morgan fingerprint density at radius 3 is 2.86 bits per heavy atom. The number of fused-ring (bicyclic) bond motifs is 1. The van der Waals surface area contributed by atoms with Crippen LogP contribution >= 0.6 is 0 Å². The number of benzene rings is 2. The third-order valence-electron chi connectivity index (χ3n) is 6.39. The van der Waals surface area contributed by atoms with Crippen LogP contribution < -0.4 is 16.5 Å². The molecular formula is C24H29N3O2. The summed E-state index contributed by atoms with van der Waals surface area (Å²) in [6, 6.07) is 14.8. The van der Waals surface area contributed by atoms with Crippen LogP contribution in [0, 0.1) is 17.8 Å². The molecule has 0 spiro atoms. The van der Waals surface area contributed by atoms with Gasteiger partial charge in [-0.25, -0.2) is 0 Å². The Hall–Kier alpha value is -2.95. The average molecular weight is 392 g/mol. The molecule has 0 amide bonds. The van der Waals surface area contributed by atoms with Crippen LogP contribution in [-0.2, 0) is 6.42 Å². The second kappa shape index (κ2) is 8.19. The van der Waals surface area contributed by atoms with Crippen LogP contribution in [0.5, 0.6) is 5.75 Å². The minimum Gasteiger partial charge on any atom is -0.506 e. The number of hydrogen-bond acceptors (Lipinski definition) is 4. The monoisotopic (exact) mass is 391 g/mol. The minimum atomic E-state index is 0.0445. The van der Waals surface area contributed by atoms with E-state index < -0.39 is 0 Å². The van der Waals surface area contributed by atoms with Gasteiger partial charge < -0.3 is 21.1 Å². The normalized spacial score (nSPS) is 20.0. The summed E-state index contributed by atoms with van der Waals surface area (Å²) in [5, 5.41) is 13.8. The fourth-order valence-corrected chi connectivity index (χ4v) is 4.86. The zero-order chi connectivity index (χ0) is 20.4. The number of nitrogens with two attached hydrogens (primary N) is 1. The Morgan fingerprint density at radius 2 is 2.03 bits per heavy atom. The van der Waals surface area contributed by atoms with Gasteiger partial charge in [-0.2, -0.15) is 0 Å². The molecule has 0 aliphatic heterocycles. The highest BCUT2D eigenvalue weighted by atomic mass is 16.3. The molecule has 2 aromatic carbocycles. The van der Waals surface area contributed by atoms with Crippen LogP contribution in [0.15, 0.2) is 53.3 Å². The van der Waals surface area contributed by atoms with Gasteiger partial charge in [0.05, 0.1) is 11.2 Å². The summed E-state index contributed by atoms with van der Waals surface area (Å²) in [5.74, 6) is 2.68. The summed E-state index contributed by atoms with van der Waals surface area (Å²) < 4.78 is 0. The molecule has 29 heavy (non-hydrogen) atoms. The van der Waals surface area contributed by atoms with Crippen molar-refractivity contribution in [2.75, 3.05) is 17.6 Å². The summed E-state index contributed by atoms with van der Waals surface area (Å²) in [4.78, 5) is 15.7. The lowest BCUT2D eigenvalue weighted by atomic mass is 9.81. The Morgan fingerprint density at radius 1 is 1.21 bits per heavy atom. The van der Waals surface area contributed by atoms with Crippen LogP contribution in [0.2, 0.25) is 0 Å². The molecule has 3 aromatic rings. The third kappa shape index (κ3) is 4.24. The molecule has 1 fully saturated rings. The zero-order valence-corrected chi connectivity index (χ0v) is 16.8. The van der Waals surface area contributed by atoms with Gasteiger partial charge in [-0.05, 0) is 66.8 Å². The number of para-hydroxylation sites is 1. The van der Waals surface area contributed by atoms with Crippen molar-refractivity contribution in [3.05, 3.63) is 64.3 Å². The lowest BCUT2D eigenvalue weighted by Gasteiger charge is -2.27. The van der Waals surface area contributed by atoms with E-state index in [1.54, 1.807) is 12.1 Å². The number of aromatic amines is 1. The topological polar surface area (TPSA) is 91.1 Å². The van der Waals surface area contributed by atoms with E-state index in [9.17, 15) is 9.90 Å². The lowest BCUT2D eigenvalue weighted by molar-refractivity contribution is 0.286. The van der Waals surface area contributed by atoms with Crippen molar-refractivity contribution in [1.29, 1.82) is 0 Å². The number of anilines is 2. The minimum absolute atomic E-state index is 0.0445. The Balaban J connectivity index is 1.42. The second-order valence-electron chi connectivity index (χ2n) is 8.40. The van der Waals surface area contributed by atoms with Crippen LogP contribution in [0.3, 0.4) is 0 Å². The van der Waals surface area contributed by atoms with Crippen molar-refractivity contribution in [3.63, 3.8) is 0 Å². The lowest BCUT2D eigenvalue weighted by Crippen LogP contribution is -2.25. The summed E-state index contributed by atoms with van der Waals surface area (Å²) >= 11 is 0. The first-order valence-corrected chi connectivity index (χ1v) is 10.4. The van der Waals surface area contributed by atoms with Gasteiger partial charge in [0.1, 0.15) is 11.6 Å². The van der Waals surface area contributed by atoms with E-state index in [4.69, 9.17) is 5.73 Å². The number of nitrogen functional groups attached to an aromatic ring is 1. The van der Waals surface area contributed by atoms with Gasteiger partial charge in [0.15, 0.2) is 5.43 Å². The first kappa shape index (κ1) is 19.4. The molecule has 152 valence electrons. The Labute approximate surface area is 171 Å². The average Bonchev–Trinajstić information content (AvgIpc) is 3.18. The molecule has 3 atom stereocenters. The van der Waals surface area contributed by atoms with Gasteiger partial charge in [-0.15, -0.1) is 0 Å². The number of H-pyrrole nitrogens is 1. The van der Waals surface area contributed by atoms with Gasteiger partial charge in [-0.3, -0.25) is 4.79 Å². The van der Waals surface area contributed by atoms with Gasteiger partial charge in [0, 0.05) is 18.0 Å². The molecule has 5 N–H and O–H groups in total. The number of aromatic hydroxyl groups is 1. The molecule has 5 heteroatoms. The summed E-state index contributed by atoms with van der Waals surface area (Å²) in [6.45, 7) is 3.17. The van der Waals surface area contributed by atoms with Crippen molar-refractivity contribution in [2.45, 2.75) is 32.6 Å². The SMILES string of the molecule is CC(Cc1ccc(O)c(N)c1)C1CCCC1CNc1cc(=O)c2ccccc2[nH]1. The van der Waals surface area contributed by atoms with E-state index in [1.165, 1.54) is 24.8 Å². The van der Waals surface area contributed by atoms with E-state index >= 15 is 0 Å². The maximum atomic E-state index is 12.3. The molecule has 5 nitrogen and oxygen atoms in total. The fourth-order valence-electron chi connectivity index (χ4n) is 4.86. The largest absolute Gasteiger partial charge is 0.506 e. The van der Waals surface area contributed by atoms with Gasteiger partial charge in [0.2, 0.25) is 0 Å². The van der Waals surface area contributed by atoms with Crippen LogP contribution in [0.25, 0.3) is 10.9 Å². The third-order valence-corrected chi connectivity index (χ3v) is 6.39. The van der Waals surface area contributed by atoms with Crippen molar-refractivity contribution in [2.24, 2.45) is 17.8 Å². The molecule has 1 aliphatic rings. The number of phenolic OH excluding ortho intramolecular Hbond substituents is 1. The smallest absolute Gasteiger partial charge is 0.191 e. The summed E-state index contributed by atoms with van der Waals surface area (Å²) in [6.07, 6.45) is 4.64. The standard InChI is InChI=1S/C24H29N3O2/c1-15(11-16-9-10-22(28)20(25)12-16)18-7-4-5-17(18)14-26-24-13-23(29)19-6-2-3-8-21(19)27-24/h2-3,6,8-10,12-13,15,17-18,28H,4-5,7,11,14,25H2,1H3,(H2,26,27,29). The molecule has 0 bridgehead atoms. The molecule has 0 saturated heterocycles. The highest BCUT2D eigenvalue weighted by Gasteiger charge is 2.31. The molecule has 1 aliphatic carbocycles. The van der Waals surface area contributed by atoms with Crippen molar-refractivity contribution >= 4 is 22.4 Å². The van der Waals surface area contributed by atoms with E-state index in [1.807, 2.05) is 36.4 Å². The molecule has 0 radical (unpaired) electrons. The highest BCUT2D eigenvalue weighted by molar-refractivity contribution is 5.79. The maximum Gasteiger partial charge on any atom is 0.191 e. The first-order valence-electron chi connectivity index (χ1n) is 10.4. The molecule has 3 unspecified atom stereocenters. The molecule has 1 heterocycles. The predicted molar refractivity (Wildman–Crippen MR) is 119 cm³/mol. The Kier molecular flexibility index (Phi) is 5.47. The van der Waals surface area contributed by atoms with Crippen LogP contribution in [0.4, 0.5) is 11.5 Å². The highest BCUT2D eigenvalue weighted by Crippen LogP contribution is 2.38. The maximum absolute atomic E-state index is 12.3. The quantitative estimate of drug-likeness (QED) is 0.367. The zero-order valence-electron chi connectivity index (χ0n) is 16.8. The van der Waals surface area contributed by atoms with E-state index in [-0.39, 0.29) is 11.2 Å². The number of hydrogen-bond donors (Lipinski definition) is 4. The molecule has 1 aromatic heterocycles. The molecule has 4 rings (SSSR count). The van der Waals surface area contributed by atoms with Crippen molar-refractivity contribution in [1.82, 2.24) is 4.98 Å². The molecular weight excluding hydrogens is 362 g/mol. The summed E-state index contributed by atoms with van der Waals surface area (Å²) in [5.41, 5.74) is 8.38. The number of phenols is 1. The van der Waals surface area contributed by atoms with Crippen molar-refractivity contribution in [3.8, 4) is 5.75 Å². The number of aromatic nitrogens is 1. The fraction of sp³-hybridized carbons (Fsp3) is 0.375. The van der Waals surface area contributed by atoms with Crippen molar-refractivity contribution < 1.29 is 5.11 Å². The van der Waals surface area contributed by atoms with Gasteiger partial charge in [-0.1, -0.05) is 31.5 Å². The van der Waals surface area contributed by atoms with E-state index in [0.29, 0.717) is 23.4 Å². The Bertz CT molecular complexity index is 1060. The van der Waals surface area contributed by atoms with Crippen LogP contribution in [-0.4, -0.2) is 16.6 Å². The molecule has 1 saturated carbocycles. The number of rotatable bonds is 6. The van der Waals surface area contributed by atoms with Gasteiger partial charge >= 0.3 is 0 Å². The van der Waals surface area contributed by atoms with Gasteiger partial charge in [0.25, 0.3) is 0 Å². The predicted octanol–water partition coefficient (Wildman–Crippen LogP) is 4.52. The summed E-state index contributed by atoms with van der Waals surface area (Å²) in [7, 11) is 0.